The molecule has 2 atom stereocenters. The summed E-state index contributed by atoms with van der Waals surface area (Å²) in [6.45, 7) is 0. The molecule has 0 radical (unpaired) electrons. The lowest BCUT2D eigenvalue weighted by atomic mass is 9.78. The molecule has 0 heterocycles. The summed E-state index contributed by atoms with van der Waals surface area (Å²) in [5.41, 5.74) is 2.39. The Morgan fingerprint density at radius 2 is 1.00 bits per heavy atom. The molecule has 1 fully saturated rings. The molecule has 1 aliphatic rings. The van der Waals surface area contributed by atoms with E-state index in [9.17, 15) is 9.59 Å². The van der Waals surface area contributed by atoms with Crippen LogP contribution in [0, 0.1) is 11.8 Å². The van der Waals surface area contributed by atoms with Gasteiger partial charge in [-0.25, -0.2) is 0 Å². The molecule has 0 bridgehead atoms. The van der Waals surface area contributed by atoms with Gasteiger partial charge in [-0.3, -0.25) is 19.6 Å². The van der Waals surface area contributed by atoms with Gasteiger partial charge in [0.2, 0.25) is 0 Å². The highest BCUT2D eigenvalue weighted by molar-refractivity contribution is 6.16. The van der Waals surface area contributed by atoms with Crippen LogP contribution in [0.25, 0.3) is 0 Å². The number of nitrogens with zero attached hydrogens (tertiary/aromatic N) is 2. The van der Waals surface area contributed by atoms with Gasteiger partial charge < -0.3 is 18.9 Å². The molecule has 2 unspecified atom stereocenters. The van der Waals surface area contributed by atoms with Gasteiger partial charge in [-0.2, -0.15) is 0 Å². The Morgan fingerprint density at radius 3 is 1.28 bits per heavy atom. The predicted octanol–water partition coefficient (Wildman–Crippen LogP) is 3.92. The lowest BCUT2D eigenvalue weighted by Gasteiger charge is -2.29. The zero-order valence-electron chi connectivity index (χ0n) is 18.5. The lowest BCUT2D eigenvalue weighted by molar-refractivity contribution is -0.145. The van der Waals surface area contributed by atoms with E-state index in [1.54, 1.807) is 62.8 Å². The monoisotopic (exact) mass is 438 g/mol. The van der Waals surface area contributed by atoms with Crippen LogP contribution in [-0.2, 0) is 19.1 Å². The normalized spacial score (nSPS) is 20.6. The number of aliphatic imine (C=N–C) groups is 2. The van der Waals surface area contributed by atoms with E-state index in [0.717, 1.165) is 0 Å². The number of rotatable bonds is 6. The van der Waals surface area contributed by atoms with E-state index in [-0.39, 0.29) is 12.8 Å². The van der Waals surface area contributed by atoms with Gasteiger partial charge in [-0.1, -0.05) is 0 Å². The molecule has 0 N–H and O–H groups in total. The van der Waals surface area contributed by atoms with Crippen molar-refractivity contribution in [3.05, 3.63) is 48.5 Å². The third kappa shape index (κ3) is 5.32. The van der Waals surface area contributed by atoms with Gasteiger partial charge in [-0.05, 0) is 48.5 Å². The van der Waals surface area contributed by atoms with Gasteiger partial charge in [0.1, 0.15) is 23.3 Å². The molecule has 0 amide bonds. The Labute approximate surface area is 186 Å². The van der Waals surface area contributed by atoms with Crippen molar-refractivity contribution in [1.29, 1.82) is 0 Å². The van der Waals surface area contributed by atoms with Crippen molar-refractivity contribution in [2.24, 2.45) is 21.8 Å². The number of esters is 2. The highest BCUT2D eigenvalue weighted by atomic mass is 16.5. The quantitative estimate of drug-likeness (QED) is 0.635. The summed E-state index contributed by atoms with van der Waals surface area (Å²) in [5.74, 6) is -0.766. The molecule has 8 heteroatoms. The average Bonchev–Trinajstić information content (AvgIpc) is 2.84. The molecule has 168 valence electrons. The van der Waals surface area contributed by atoms with Gasteiger partial charge in [0.05, 0.1) is 39.8 Å². The topological polar surface area (TPSA) is 95.8 Å². The predicted molar refractivity (Wildman–Crippen MR) is 120 cm³/mol. The van der Waals surface area contributed by atoms with Crippen LogP contribution in [0.1, 0.15) is 12.8 Å². The molecule has 3 rings (SSSR count). The Kier molecular flexibility index (Phi) is 7.59. The third-order valence-electron chi connectivity index (χ3n) is 5.29. The molecular formula is C24H26N2O6. The fraction of sp³-hybridized carbons (Fsp3) is 0.333. The second-order valence-corrected chi connectivity index (χ2v) is 7.16. The first kappa shape index (κ1) is 23.0. The van der Waals surface area contributed by atoms with E-state index < -0.39 is 23.8 Å². The smallest absolute Gasteiger partial charge is 0.314 e. The largest absolute Gasteiger partial charge is 0.497 e. The minimum atomic E-state index is -0.653. The summed E-state index contributed by atoms with van der Waals surface area (Å²) in [7, 11) is 5.83. The second kappa shape index (κ2) is 10.6. The molecule has 0 aliphatic heterocycles. The van der Waals surface area contributed by atoms with Gasteiger partial charge in [0.15, 0.2) is 0 Å². The van der Waals surface area contributed by atoms with Gasteiger partial charge >= 0.3 is 11.9 Å². The van der Waals surface area contributed by atoms with Crippen molar-refractivity contribution in [2.75, 3.05) is 28.4 Å². The van der Waals surface area contributed by atoms with Gasteiger partial charge in [0, 0.05) is 24.3 Å². The molecule has 2 aromatic rings. The zero-order valence-corrected chi connectivity index (χ0v) is 18.5. The third-order valence-corrected chi connectivity index (χ3v) is 5.29. The maximum atomic E-state index is 12.6. The van der Waals surface area contributed by atoms with Gasteiger partial charge in [-0.15, -0.1) is 0 Å². The molecule has 1 aliphatic carbocycles. The Bertz CT molecular complexity index is 928. The molecular weight excluding hydrogens is 412 g/mol. The summed E-state index contributed by atoms with van der Waals surface area (Å²) in [6.07, 6.45) is 0.404. The van der Waals surface area contributed by atoms with Crippen LogP contribution in [0.3, 0.4) is 0 Å². The first-order chi connectivity index (χ1) is 15.5. The van der Waals surface area contributed by atoms with E-state index in [2.05, 4.69) is 9.98 Å². The van der Waals surface area contributed by atoms with E-state index in [1.165, 1.54) is 14.2 Å². The number of hydrogen-bond donors (Lipinski definition) is 0. The van der Waals surface area contributed by atoms with Crippen molar-refractivity contribution in [3.63, 3.8) is 0 Å². The first-order valence-electron chi connectivity index (χ1n) is 10.1. The Hall–Kier alpha value is -3.68. The van der Waals surface area contributed by atoms with Crippen LogP contribution < -0.4 is 9.47 Å². The summed E-state index contributed by atoms with van der Waals surface area (Å²) in [6, 6.07) is 14.3. The number of hydrogen-bond acceptors (Lipinski definition) is 8. The van der Waals surface area contributed by atoms with Crippen LogP contribution in [-0.4, -0.2) is 51.8 Å². The minimum Gasteiger partial charge on any atom is -0.497 e. The molecule has 32 heavy (non-hydrogen) atoms. The van der Waals surface area contributed by atoms with Gasteiger partial charge in [0.25, 0.3) is 0 Å². The van der Waals surface area contributed by atoms with E-state index >= 15 is 0 Å². The number of benzene rings is 2. The fourth-order valence-electron chi connectivity index (χ4n) is 3.55. The molecule has 0 spiro atoms. The number of ether oxygens (including phenoxy) is 4. The average molecular weight is 438 g/mol. The molecule has 0 aromatic heterocycles. The standard InChI is InChI=1S/C24H26N2O6/c1-29-17-9-5-15(6-10-17)25-21-13-20(24(28)32-4)22(14-19(21)23(27)31-3)26-16-7-11-18(30-2)12-8-16/h5-12,19-20H,13-14H2,1-4H3. The maximum Gasteiger partial charge on any atom is 0.314 e. The Morgan fingerprint density at radius 1 is 0.656 bits per heavy atom. The lowest BCUT2D eigenvalue weighted by Crippen LogP contribution is -2.41. The Balaban J connectivity index is 1.99. The van der Waals surface area contributed by atoms with E-state index in [4.69, 9.17) is 18.9 Å². The summed E-state index contributed by atoms with van der Waals surface area (Å²) in [4.78, 5) is 34.5. The maximum absolute atomic E-state index is 12.6. The number of carbonyl (C=O) groups excluding carboxylic acids is 2. The summed E-state index contributed by atoms with van der Waals surface area (Å²) < 4.78 is 20.4. The molecule has 0 saturated heterocycles. The summed E-state index contributed by atoms with van der Waals surface area (Å²) >= 11 is 0. The van der Waals surface area contributed by atoms with Crippen molar-refractivity contribution in [3.8, 4) is 11.5 Å². The molecule has 8 nitrogen and oxygen atoms in total. The highest BCUT2D eigenvalue weighted by Crippen LogP contribution is 2.32. The van der Waals surface area contributed by atoms with Crippen molar-refractivity contribution in [1.82, 2.24) is 0 Å². The molecule has 2 aromatic carbocycles. The number of carbonyl (C=O) groups is 2. The number of methoxy groups -OCH3 is 4. The van der Waals surface area contributed by atoms with E-state index in [1.807, 2.05) is 0 Å². The minimum absolute atomic E-state index is 0.202. The summed E-state index contributed by atoms with van der Waals surface area (Å²) in [5, 5.41) is 0. The second-order valence-electron chi connectivity index (χ2n) is 7.16. The van der Waals surface area contributed by atoms with Crippen LogP contribution in [0.5, 0.6) is 11.5 Å². The SMILES string of the molecule is COC(=O)C1CC(=Nc2ccc(OC)cc2)C(C(=O)OC)CC1=Nc1ccc(OC)cc1. The van der Waals surface area contributed by atoms with Crippen LogP contribution >= 0.6 is 0 Å². The van der Waals surface area contributed by atoms with Crippen LogP contribution in [0.15, 0.2) is 58.5 Å². The van der Waals surface area contributed by atoms with Crippen molar-refractivity contribution >= 4 is 34.7 Å². The zero-order chi connectivity index (χ0) is 23.1. The van der Waals surface area contributed by atoms with Crippen LogP contribution in [0.2, 0.25) is 0 Å². The van der Waals surface area contributed by atoms with E-state index in [0.29, 0.717) is 34.3 Å². The highest BCUT2D eigenvalue weighted by Gasteiger charge is 2.40. The van der Waals surface area contributed by atoms with Crippen molar-refractivity contribution < 1.29 is 28.5 Å². The fourth-order valence-corrected chi connectivity index (χ4v) is 3.55. The molecule has 1 saturated carbocycles. The first-order valence-corrected chi connectivity index (χ1v) is 10.1. The van der Waals surface area contributed by atoms with Crippen molar-refractivity contribution in [2.45, 2.75) is 12.8 Å². The van der Waals surface area contributed by atoms with Crippen LogP contribution in [0.4, 0.5) is 11.4 Å².